The van der Waals surface area contributed by atoms with Gasteiger partial charge in [-0.15, -0.1) is 0 Å². The van der Waals surface area contributed by atoms with Gasteiger partial charge in [0.1, 0.15) is 0 Å². The van der Waals surface area contributed by atoms with Gasteiger partial charge in [0.15, 0.2) is 0 Å². The van der Waals surface area contributed by atoms with Crippen LogP contribution < -0.4 is 0 Å². The van der Waals surface area contributed by atoms with E-state index < -0.39 is 0 Å². The molecule has 1 saturated heterocycles. The lowest BCUT2D eigenvalue weighted by Crippen LogP contribution is -2.31. The van der Waals surface area contributed by atoms with Crippen molar-refractivity contribution >= 4 is 0 Å². The van der Waals surface area contributed by atoms with Crippen LogP contribution >= 0.6 is 0 Å². The number of ether oxygens (including phenoxy) is 1. The van der Waals surface area contributed by atoms with E-state index in [1.165, 1.54) is 19.3 Å². The van der Waals surface area contributed by atoms with Crippen LogP contribution in [0, 0.1) is 0 Å². The molecule has 0 N–H and O–H groups in total. The smallest absolute Gasteiger partial charge is 0.0997 e. The maximum Gasteiger partial charge on any atom is 0.0997 e. The van der Waals surface area contributed by atoms with E-state index >= 15 is 0 Å². The molecule has 0 amide bonds. The molecule has 1 aliphatic rings. The Hall–Kier alpha value is -0.0800. The van der Waals surface area contributed by atoms with E-state index in [4.69, 9.17) is 4.74 Å². The van der Waals surface area contributed by atoms with Gasteiger partial charge in [0, 0.05) is 12.6 Å². The highest BCUT2D eigenvalue weighted by molar-refractivity contribution is 4.72. The topological polar surface area (TPSA) is 12.5 Å². The Morgan fingerprint density at radius 3 is 2.83 bits per heavy atom. The van der Waals surface area contributed by atoms with Gasteiger partial charge in [-0.25, -0.2) is 0 Å². The first-order chi connectivity index (χ1) is 5.74. The molecule has 0 aliphatic carbocycles. The van der Waals surface area contributed by atoms with Crippen LogP contribution in [0.5, 0.6) is 0 Å². The molecule has 1 heterocycles. The monoisotopic (exact) mass is 171 g/mol. The van der Waals surface area contributed by atoms with Gasteiger partial charge >= 0.3 is 0 Å². The Labute approximate surface area is 75.9 Å². The van der Waals surface area contributed by atoms with Crippen LogP contribution in [0.1, 0.15) is 40.0 Å². The Balaban J connectivity index is 2.18. The molecule has 2 heteroatoms. The summed E-state index contributed by atoms with van der Waals surface area (Å²) in [6.07, 6.45) is 4.39. The van der Waals surface area contributed by atoms with Crippen molar-refractivity contribution in [1.82, 2.24) is 4.90 Å². The minimum Gasteiger partial charge on any atom is -0.362 e. The summed E-state index contributed by atoms with van der Waals surface area (Å²) in [6, 6.07) is 0.704. The highest BCUT2D eigenvalue weighted by Gasteiger charge is 2.22. The molecule has 0 saturated carbocycles. The third-order valence-electron chi connectivity index (χ3n) is 2.62. The molecule has 2 nitrogen and oxygen atoms in total. The van der Waals surface area contributed by atoms with Gasteiger partial charge in [0.2, 0.25) is 0 Å². The molecule has 1 rings (SSSR count). The number of unbranched alkanes of at least 4 members (excludes halogenated alkanes) is 1. The summed E-state index contributed by atoms with van der Waals surface area (Å²) in [4.78, 5) is 2.43. The minimum absolute atomic E-state index is 0.439. The van der Waals surface area contributed by atoms with Gasteiger partial charge in [-0.1, -0.05) is 19.8 Å². The first-order valence-electron chi connectivity index (χ1n) is 5.09. The zero-order valence-electron chi connectivity index (χ0n) is 8.55. The van der Waals surface area contributed by atoms with E-state index in [0.29, 0.717) is 12.1 Å². The average Bonchev–Trinajstić information content (AvgIpc) is 2.47. The molecule has 12 heavy (non-hydrogen) atoms. The maximum absolute atomic E-state index is 5.49. The van der Waals surface area contributed by atoms with Crippen LogP contribution in [0.2, 0.25) is 0 Å². The highest BCUT2D eigenvalue weighted by atomic mass is 16.5. The Morgan fingerprint density at radius 2 is 2.33 bits per heavy atom. The van der Waals surface area contributed by atoms with Crippen LogP contribution in [-0.2, 0) is 4.74 Å². The third kappa shape index (κ3) is 2.76. The second-order valence-corrected chi connectivity index (χ2v) is 3.87. The molecule has 0 bridgehead atoms. The lowest BCUT2D eigenvalue weighted by atomic mass is 10.1. The molecule has 0 aromatic rings. The molecular weight excluding hydrogens is 150 g/mol. The van der Waals surface area contributed by atoms with Crippen LogP contribution in [0.25, 0.3) is 0 Å². The number of hydrogen-bond acceptors (Lipinski definition) is 2. The molecule has 1 aliphatic heterocycles. The summed E-state index contributed by atoms with van der Waals surface area (Å²) in [5.41, 5.74) is 0. The van der Waals surface area contributed by atoms with E-state index in [2.05, 4.69) is 25.7 Å². The summed E-state index contributed by atoms with van der Waals surface area (Å²) in [5, 5.41) is 0. The zero-order valence-corrected chi connectivity index (χ0v) is 8.55. The molecule has 0 spiro atoms. The van der Waals surface area contributed by atoms with Crippen molar-refractivity contribution in [2.75, 3.05) is 13.3 Å². The molecule has 2 unspecified atom stereocenters. The average molecular weight is 171 g/mol. The van der Waals surface area contributed by atoms with Crippen molar-refractivity contribution in [2.24, 2.45) is 0 Å². The lowest BCUT2D eigenvalue weighted by molar-refractivity contribution is 0.0855. The van der Waals surface area contributed by atoms with Gasteiger partial charge < -0.3 is 4.74 Å². The fraction of sp³-hybridized carbons (Fsp3) is 1.00. The van der Waals surface area contributed by atoms with Crippen LogP contribution in [-0.4, -0.2) is 30.3 Å². The Morgan fingerprint density at radius 1 is 1.58 bits per heavy atom. The number of hydrogen-bond donors (Lipinski definition) is 0. The quantitative estimate of drug-likeness (QED) is 0.643. The normalized spacial score (nSPS) is 27.8. The minimum atomic E-state index is 0.439. The Kier molecular flexibility index (Phi) is 4.02. The SMILES string of the molecule is CCCCC(C)N1COC(C)C1. The fourth-order valence-corrected chi connectivity index (χ4v) is 1.65. The van der Waals surface area contributed by atoms with Gasteiger partial charge in [-0.2, -0.15) is 0 Å². The maximum atomic E-state index is 5.49. The summed E-state index contributed by atoms with van der Waals surface area (Å²) in [6.45, 7) is 8.65. The van der Waals surface area contributed by atoms with Crippen molar-refractivity contribution in [3.8, 4) is 0 Å². The van der Waals surface area contributed by atoms with Gasteiger partial charge in [0.05, 0.1) is 12.8 Å². The largest absolute Gasteiger partial charge is 0.362 e. The van der Waals surface area contributed by atoms with E-state index in [1.807, 2.05) is 0 Å². The van der Waals surface area contributed by atoms with Gasteiger partial charge in [-0.3, -0.25) is 4.90 Å². The van der Waals surface area contributed by atoms with E-state index in [1.54, 1.807) is 0 Å². The number of nitrogens with zero attached hydrogens (tertiary/aromatic N) is 1. The second-order valence-electron chi connectivity index (χ2n) is 3.87. The first-order valence-corrected chi connectivity index (χ1v) is 5.09. The van der Waals surface area contributed by atoms with E-state index in [9.17, 15) is 0 Å². The van der Waals surface area contributed by atoms with Crippen LogP contribution in [0.4, 0.5) is 0 Å². The zero-order chi connectivity index (χ0) is 8.97. The van der Waals surface area contributed by atoms with Gasteiger partial charge in [0.25, 0.3) is 0 Å². The van der Waals surface area contributed by atoms with Crippen molar-refractivity contribution in [3.63, 3.8) is 0 Å². The van der Waals surface area contributed by atoms with Crippen molar-refractivity contribution in [1.29, 1.82) is 0 Å². The number of rotatable bonds is 4. The highest BCUT2D eigenvalue weighted by Crippen LogP contribution is 2.14. The van der Waals surface area contributed by atoms with Crippen LogP contribution in [0.15, 0.2) is 0 Å². The van der Waals surface area contributed by atoms with E-state index in [0.717, 1.165) is 13.3 Å². The van der Waals surface area contributed by atoms with Crippen molar-refractivity contribution in [2.45, 2.75) is 52.2 Å². The molecule has 0 radical (unpaired) electrons. The molecular formula is C10H21NO. The Bertz CT molecular complexity index is 127. The second kappa shape index (κ2) is 4.83. The third-order valence-corrected chi connectivity index (χ3v) is 2.62. The summed E-state index contributed by atoms with van der Waals surface area (Å²) in [7, 11) is 0. The van der Waals surface area contributed by atoms with Crippen molar-refractivity contribution in [3.05, 3.63) is 0 Å². The summed E-state index contributed by atoms with van der Waals surface area (Å²) < 4.78 is 5.49. The first kappa shape index (κ1) is 10.0. The van der Waals surface area contributed by atoms with Crippen molar-refractivity contribution < 1.29 is 4.74 Å². The standard InChI is InChI=1S/C10H21NO/c1-4-5-6-9(2)11-7-10(3)12-8-11/h9-10H,4-8H2,1-3H3. The molecule has 1 fully saturated rings. The predicted octanol–water partition coefficient (Wildman–Crippen LogP) is 2.24. The molecule has 0 aromatic carbocycles. The summed E-state index contributed by atoms with van der Waals surface area (Å²) in [5.74, 6) is 0. The lowest BCUT2D eigenvalue weighted by Gasteiger charge is -2.21. The summed E-state index contributed by atoms with van der Waals surface area (Å²) >= 11 is 0. The molecule has 72 valence electrons. The van der Waals surface area contributed by atoms with E-state index in [-0.39, 0.29) is 0 Å². The fourth-order valence-electron chi connectivity index (χ4n) is 1.65. The van der Waals surface area contributed by atoms with Gasteiger partial charge in [-0.05, 0) is 20.3 Å². The predicted molar refractivity (Wildman–Crippen MR) is 51.1 cm³/mol. The molecule has 2 atom stereocenters. The van der Waals surface area contributed by atoms with Crippen LogP contribution in [0.3, 0.4) is 0 Å². The molecule has 0 aromatic heterocycles.